The molecule has 1 saturated carbocycles. The smallest absolute Gasteiger partial charge is 0.130 e. The van der Waals surface area contributed by atoms with Crippen molar-refractivity contribution in [3.63, 3.8) is 0 Å². The number of halogens is 1. The van der Waals surface area contributed by atoms with Crippen LogP contribution in [-0.2, 0) is 13.5 Å². The van der Waals surface area contributed by atoms with Gasteiger partial charge in [-0.15, -0.1) is 0 Å². The highest BCUT2D eigenvalue weighted by atomic mass is 35.5. The van der Waals surface area contributed by atoms with Crippen molar-refractivity contribution < 1.29 is 5.11 Å². The summed E-state index contributed by atoms with van der Waals surface area (Å²) in [6, 6.07) is 0. The minimum atomic E-state index is -0.261. The number of aliphatic hydroxyl groups is 1. The molecule has 1 unspecified atom stereocenters. The van der Waals surface area contributed by atoms with Crippen molar-refractivity contribution in [3.8, 4) is 0 Å². The molecule has 0 aromatic carbocycles. The first kappa shape index (κ1) is 11.9. The Hall–Kier alpha value is -0.540. The Morgan fingerprint density at radius 3 is 2.62 bits per heavy atom. The second kappa shape index (κ2) is 4.76. The second-order valence-corrected chi connectivity index (χ2v) is 5.15. The molecule has 1 N–H and O–H groups in total. The molecule has 1 fully saturated rings. The van der Waals surface area contributed by atoms with Gasteiger partial charge in [0.05, 0.1) is 11.8 Å². The lowest BCUT2D eigenvalue weighted by atomic mass is 9.95. The van der Waals surface area contributed by atoms with Crippen LogP contribution in [-0.4, -0.2) is 21.0 Å². The Labute approximate surface area is 101 Å². The lowest BCUT2D eigenvalue weighted by Crippen LogP contribution is -2.20. The van der Waals surface area contributed by atoms with Gasteiger partial charge in [-0.2, -0.15) is 5.10 Å². The van der Waals surface area contributed by atoms with E-state index in [1.165, 1.54) is 12.8 Å². The van der Waals surface area contributed by atoms with Crippen LogP contribution < -0.4 is 0 Å². The highest BCUT2D eigenvalue weighted by Gasteiger charge is 2.25. The topological polar surface area (TPSA) is 38.0 Å². The summed E-state index contributed by atoms with van der Waals surface area (Å²) in [5.74, 6) is 0.454. The molecule has 0 aliphatic heterocycles. The number of aryl methyl sites for hydroxylation is 2. The van der Waals surface area contributed by atoms with Crippen molar-refractivity contribution in [1.29, 1.82) is 0 Å². The fraction of sp³-hybridized carbons (Fsp3) is 0.750. The van der Waals surface area contributed by atoms with Gasteiger partial charge in [-0.3, -0.25) is 4.68 Å². The van der Waals surface area contributed by atoms with E-state index in [0.29, 0.717) is 17.5 Å². The maximum absolute atomic E-state index is 10.2. The van der Waals surface area contributed by atoms with Gasteiger partial charge >= 0.3 is 0 Å². The highest BCUT2D eigenvalue weighted by Crippen LogP contribution is 2.30. The lowest BCUT2D eigenvalue weighted by molar-refractivity contribution is 0.111. The number of hydrogen-bond donors (Lipinski definition) is 1. The largest absolute Gasteiger partial charge is 0.392 e. The average molecular weight is 243 g/mol. The van der Waals surface area contributed by atoms with Gasteiger partial charge in [0.15, 0.2) is 0 Å². The fourth-order valence-electron chi connectivity index (χ4n) is 2.62. The predicted molar refractivity (Wildman–Crippen MR) is 64.6 cm³/mol. The van der Waals surface area contributed by atoms with E-state index in [9.17, 15) is 5.11 Å². The molecule has 1 atom stereocenters. The zero-order valence-electron chi connectivity index (χ0n) is 9.91. The molecule has 0 spiro atoms. The van der Waals surface area contributed by atoms with E-state index in [-0.39, 0.29) is 6.10 Å². The summed E-state index contributed by atoms with van der Waals surface area (Å²) >= 11 is 6.15. The molecule has 2 rings (SSSR count). The van der Waals surface area contributed by atoms with Crippen molar-refractivity contribution >= 4 is 11.6 Å². The molecule has 0 saturated heterocycles. The zero-order chi connectivity index (χ0) is 11.7. The van der Waals surface area contributed by atoms with Crippen molar-refractivity contribution in [1.82, 2.24) is 9.78 Å². The minimum Gasteiger partial charge on any atom is -0.392 e. The van der Waals surface area contributed by atoms with Crippen molar-refractivity contribution in [2.75, 3.05) is 0 Å². The average Bonchev–Trinajstić information content (AvgIpc) is 2.83. The van der Waals surface area contributed by atoms with E-state index in [2.05, 4.69) is 5.10 Å². The van der Waals surface area contributed by atoms with Crippen LogP contribution in [0.3, 0.4) is 0 Å². The molecule has 0 bridgehead atoms. The van der Waals surface area contributed by atoms with Crippen LogP contribution in [0.5, 0.6) is 0 Å². The van der Waals surface area contributed by atoms with Gasteiger partial charge in [0.2, 0.25) is 0 Å². The van der Waals surface area contributed by atoms with E-state index < -0.39 is 0 Å². The monoisotopic (exact) mass is 242 g/mol. The molecule has 3 nitrogen and oxygen atoms in total. The third-order valence-electron chi connectivity index (χ3n) is 3.63. The van der Waals surface area contributed by atoms with Crippen LogP contribution in [0, 0.1) is 12.8 Å². The zero-order valence-corrected chi connectivity index (χ0v) is 10.7. The van der Waals surface area contributed by atoms with Gasteiger partial charge in [-0.25, -0.2) is 0 Å². The van der Waals surface area contributed by atoms with Crippen LogP contribution in [0.1, 0.15) is 36.9 Å². The number of nitrogens with zero attached hydrogens (tertiary/aromatic N) is 2. The molecule has 16 heavy (non-hydrogen) atoms. The summed E-state index contributed by atoms with van der Waals surface area (Å²) in [6.45, 7) is 1.95. The van der Waals surface area contributed by atoms with Crippen LogP contribution in [0.4, 0.5) is 0 Å². The second-order valence-electron chi connectivity index (χ2n) is 4.79. The molecule has 0 amide bonds. The van der Waals surface area contributed by atoms with Gasteiger partial charge < -0.3 is 5.11 Å². The lowest BCUT2D eigenvalue weighted by Gasteiger charge is -2.17. The first-order valence-corrected chi connectivity index (χ1v) is 6.33. The van der Waals surface area contributed by atoms with Crippen LogP contribution in [0.15, 0.2) is 0 Å². The standard InChI is InChI=1S/C12H19ClN2O/c1-8-10(12(13)15(2)14-8)7-11(16)9-5-3-4-6-9/h9,11,16H,3-7H2,1-2H3. The summed E-state index contributed by atoms with van der Waals surface area (Å²) in [5.41, 5.74) is 1.94. The molecule has 4 heteroatoms. The summed E-state index contributed by atoms with van der Waals surface area (Å²) < 4.78 is 1.67. The van der Waals surface area contributed by atoms with Crippen molar-refractivity contribution in [3.05, 3.63) is 16.4 Å². The van der Waals surface area contributed by atoms with Crippen LogP contribution in [0.25, 0.3) is 0 Å². The maximum atomic E-state index is 10.2. The molecular weight excluding hydrogens is 224 g/mol. The highest BCUT2D eigenvalue weighted by molar-refractivity contribution is 6.30. The Morgan fingerprint density at radius 2 is 2.12 bits per heavy atom. The summed E-state index contributed by atoms with van der Waals surface area (Å²) in [4.78, 5) is 0. The van der Waals surface area contributed by atoms with Gasteiger partial charge in [-0.1, -0.05) is 24.4 Å². The molecule has 1 aliphatic rings. The third kappa shape index (κ3) is 2.25. The van der Waals surface area contributed by atoms with Gasteiger partial charge in [-0.05, 0) is 25.7 Å². The van der Waals surface area contributed by atoms with Gasteiger partial charge in [0.25, 0.3) is 0 Å². The Balaban J connectivity index is 2.07. The molecule has 1 aromatic rings. The molecule has 1 aromatic heterocycles. The van der Waals surface area contributed by atoms with Crippen molar-refractivity contribution in [2.45, 2.75) is 45.1 Å². The number of rotatable bonds is 3. The SMILES string of the molecule is Cc1nn(C)c(Cl)c1CC(O)C1CCCC1. The van der Waals surface area contributed by atoms with Crippen LogP contribution >= 0.6 is 11.6 Å². The molecule has 90 valence electrons. The summed E-state index contributed by atoms with van der Waals surface area (Å²) in [5, 5.41) is 15.1. The summed E-state index contributed by atoms with van der Waals surface area (Å²) in [6.07, 6.45) is 5.19. The molecular formula is C12H19ClN2O. The van der Waals surface area contributed by atoms with Gasteiger partial charge in [0, 0.05) is 19.0 Å². The van der Waals surface area contributed by atoms with E-state index >= 15 is 0 Å². The Bertz CT molecular complexity index is 369. The summed E-state index contributed by atoms with van der Waals surface area (Å²) in [7, 11) is 1.83. The quantitative estimate of drug-likeness (QED) is 0.884. The third-order valence-corrected chi connectivity index (χ3v) is 4.10. The van der Waals surface area contributed by atoms with E-state index in [1.54, 1.807) is 4.68 Å². The predicted octanol–water partition coefficient (Wildman–Crippen LogP) is 2.48. The Morgan fingerprint density at radius 1 is 1.50 bits per heavy atom. The van der Waals surface area contributed by atoms with Gasteiger partial charge in [0.1, 0.15) is 5.15 Å². The molecule has 1 aliphatic carbocycles. The molecule has 1 heterocycles. The van der Waals surface area contributed by atoms with E-state index in [4.69, 9.17) is 11.6 Å². The minimum absolute atomic E-state index is 0.261. The molecule has 0 radical (unpaired) electrons. The van der Waals surface area contributed by atoms with E-state index in [1.807, 2.05) is 14.0 Å². The number of aromatic nitrogens is 2. The van der Waals surface area contributed by atoms with E-state index in [0.717, 1.165) is 24.1 Å². The first-order chi connectivity index (χ1) is 7.59. The van der Waals surface area contributed by atoms with Crippen LogP contribution in [0.2, 0.25) is 5.15 Å². The van der Waals surface area contributed by atoms with Crippen molar-refractivity contribution in [2.24, 2.45) is 13.0 Å². The first-order valence-electron chi connectivity index (χ1n) is 5.95. The fourth-order valence-corrected chi connectivity index (χ4v) is 2.88. The number of hydrogen-bond acceptors (Lipinski definition) is 2. The Kier molecular flexibility index (Phi) is 3.55. The normalized spacial score (nSPS) is 19.2. The number of aliphatic hydroxyl groups excluding tert-OH is 1. The maximum Gasteiger partial charge on any atom is 0.130 e.